The standard InChI is InChI=1S/C13H29N3/c1-11(2,3)8-12(4,5)9-13(6,7)16-10(14)15/h8-9H2,1-7H3,(H4,14,15,16). The van der Waals surface area contributed by atoms with Gasteiger partial charge in [0.2, 0.25) is 0 Å². The van der Waals surface area contributed by atoms with Gasteiger partial charge < -0.3 is 11.5 Å². The summed E-state index contributed by atoms with van der Waals surface area (Å²) in [4.78, 5) is 4.30. The lowest BCUT2D eigenvalue weighted by molar-refractivity contribution is 0.168. The third-order valence-electron chi connectivity index (χ3n) is 2.35. The minimum atomic E-state index is -0.187. The highest BCUT2D eigenvalue weighted by molar-refractivity contribution is 5.76. The topological polar surface area (TPSA) is 64.4 Å². The van der Waals surface area contributed by atoms with Crippen LogP contribution in [-0.2, 0) is 0 Å². The van der Waals surface area contributed by atoms with Gasteiger partial charge in [-0.3, -0.25) is 0 Å². The maximum Gasteiger partial charge on any atom is 0.186 e. The molecule has 0 radical (unpaired) electrons. The number of aliphatic imine (C=N–C) groups is 1. The molecule has 0 atom stereocenters. The highest BCUT2D eigenvalue weighted by atomic mass is 15.0. The van der Waals surface area contributed by atoms with Crippen LogP contribution >= 0.6 is 0 Å². The van der Waals surface area contributed by atoms with Crippen LogP contribution in [0.25, 0.3) is 0 Å². The summed E-state index contributed by atoms with van der Waals surface area (Å²) in [5.74, 6) is 0.177. The van der Waals surface area contributed by atoms with Gasteiger partial charge in [0.05, 0.1) is 5.54 Å². The maximum absolute atomic E-state index is 5.45. The number of guanidine groups is 1. The van der Waals surface area contributed by atoms with Crippen molar-refractivity contribution in [3.63, 3.8) is 0 Å². The van der Waals surface area contributed by atoms with E-state index < -0.39 is 0 Å². The molecule has 0 fully saturated rings. The van der Waals surface area contributed by atoms with Crippen LogP contribution in [0, 0.1) is 10.8 Å². The Kier molecular flexibility index (Phi) is 4.43. The molecule has 0 spiro atoms. The van der Waals surface area contributed by atoms with Crippen LogP contribution in [0.5, 0.6) is 0 Å². The molecule has 4 N–H and O–H groups in total. The fourth-order valence-corrected chi connectivity index (χ4v) is 3.06. The number of hydrogen-bond donors (Lipinski definition) is 2. The van der Waals surface area contributed by atoms with Crippen LogP contribution in [0.1, 0.15) is 61.3 Å². The summed E-state index contributed by atoms with van der Waals surface area (Å²) in [5, 5.41) is 0. The molecule has 0 aliphatic rings. The van der Waals surface area contributed by atoms with Crippen molar-refractivity contribution in [2.24, 2.45) is 27.3 Å². The Morgan fingerprint density at radius 2 is 1.31 bits per heavy atom. The van der Waals surface area contributed by atoms with E-state index in [9.17, 15) is 0 Å². The Balaban J connectivity index is 4.64. The normalized spacial score (nSPS) is 13.7. The Labute approximate surface area is 101 Å². The van der Waals surface area contributed by atoms with Gasteiger partial charge in [-0.25, -0.2) is 4.99 Å². The summed E-state index contributed by atoms with van der Waals surface area (Å²) < 4.78 is 0. The summed E-state index contributed by atoms with van der Waals surface area (Å²) in [5.41, 5.74) is 11.3. The Morgan fingerprint density at radius 1 is 0.875 bits per heavy atom. The van der Waals surface area contributed by atoms with Crippen LogP contribution < -0.4 is 11.5 Å². The molecule has 0 aromatic carbocycles. The van der Waals surface area contributed by atoms with Crippen molar-refractivity contribution in [2.45, 2.75) is 66.8 Å². The highest BCUT2D eigenvalue weighted by Gasteiger charge is 2.32. The van der Waals surface area contributed by atoms with Crippen LogP contribution in [0.15, 0.2) is 4.99 Å². The lowest BCUT2D eigenvalue weighted by atomic mass is 9.71. The molecule has 0 heterocycles. The van der Waals surface area contributed by atoms with Crippen LogP contribution in [0.4, 0.5) is 0 Å². The van der Waals surface area contributed by atoms with Crippen LogP contribution in [-0.4, -0.2) is 11.5 Å². The first-order valence-electron chi connectivity index (χ1n) is 5.94. The third kappa shape index (κ3) is 7.55. The molecule has 16 heavy (non-hydrogen) atoms. The zero-order valence-corrected chi connectivity index (χ0v) is 12.0. The van der Waals surface area contributed by atoms with E-state index in [2.05, 4.69) is 53.5 Å². The van der Waals surface area contributed by atoms with Gasteiger partial charge in [-0.05, 0) is 37.5 Å². The predicted octanol–water partition coefficient (Wildman–Crippen LogP) is 2.89. The summed E-state index contributed by atoms with van der Waals surface area (Å²) in [7, 11) is 0. The molecule has 3 nitrogen and oxygen atoms in total. The Hall–Kier alpha value is -0.730. The molecule has 0 aromatic heterocycles. The lowest BCUT2D eigenvalue weighted by Gasteiger charge is -2.37. The molecule has 3 heteroatoms. The smallest absolute Gasteiger partial charge is 0.186 e. The van der Waals surface area contributed by atoms with E-state index in [4.69, 9.17) is 11.5 Å². The second kappa shape index (κ2) is 4.64. The number of nitrogens with zero attached hydrogens (tertiary/aromatic N) is 1. The van der Waals surface area contributed by atoms with Gasteiger partial charge in [-0.2, -0.15) is 0 Å². The average Bonchev–Trinajstić information content (AvgIpc) is 1.69. The highest BCUT2D eigenvalue weighted by Crippen LogP contribution is 2.39. The molecule has 0 aliphatic carbocycles. The van der Waals surface area contributed by atoms with E-state index >= 15 is 0 Å². The molecule has 0 saturated carbocycles. The molecule has 0 saturated heterocycles. The molecular weight excluding hydrogens is 198 g/mol. The molecular formula is C13H29N3. The van der Waals surface area contributed by atoms with Crippen molar-refractivity contribution >= 4 is 5.96 Å². The molecule has 0 rings (SSSR count). The average molecular weight is 227 g/mol. The summed E-state index contributed by atoms with van der Waals surface area (Å²) in [6, 6.07) is 0. The van der Waals surface area contributed by atoms with E-state index in [1.54, 1.807) is 0 Å². The fraction of sp³-hybridized carbons (Fsp3) is 0.923. The minimum Gasteiger partial charge on any atom is -0.370 e. The molecule has 0 aliphatic heterocycles. The van der Waals surface area contributed by atoms with E-state index in [0.29, 0.717) is 5.41 Å². The molecule has 0 bridgehead atoms. The van der Waals surface area contributed by atoms with Gasteiger partial charge in [0, 0.05) is 0 Å². The molecule has 0 aromatic rings. The second-order valence-corrected chi connectivity index (χ2v) is 7.43. The number of rotatable bonds is 4. The SMILES string of the molecule is CC(C)(C)CC(C)(C)CC(C)(C)N=C(N)N. The zero-order chi connectivity index (χ0) is 13.2. The molecule has 0 amide bonds. The van der Waals surface area contributed by atoms with Gasteiger partial charge in [-0.15, -0.1) is 0 Å². The number of nitrogens with two attached hydrogens (primary N) is 2. The summed E-state index contributed by atoms with van der Waals surface area (Å²) in [6.45, 7) is 15.5. The van der Waals surface area contributed by atoms with Crippen LogP contribution in [0.2, 0.25) is 0 Å². The first-order chi connectivity index (χ1) is 6.83. The molecule has 96 valence electrons. The van der Waals surface area contributed by atoms with Gasteiger partial charge in [0.1, 0.15) is 0 Å². The van der Waals surface area contributed by atoms with Crippen molar-refractivity contribution in [3.8, 4) is 0 Å². The van der Waals surface area contributed by atoms with Gasteiger partial charge in [-0.1, -0.05) is 34.6 Å². The first kappa shape index (κ1) is 15.3. The first-order valence-corrected chi connectivity index (χ1v) is 5.94. The Bertz CT molecular complexity index is 253. The minimum absolute atomic E-state index is 0.177. The summed E-state index contributed by atoms with van der Waals surface area (Å²) >= 11 is 0. The fourth-order valence-electron chi connectivity index (χ4n) is 3.06. The van der Waals surface area contributed by atoms with Crippen LogP contribution in [0.3, 0.4) is 0 Å². The Morgan fingerprint density at radius 3 is 1.62 bits per heavy atom. The predicted molar refractivity (Wildman–Crippen MR) is 72.4 cm³/mol. The number of hydrogen-bond acceptors (Lipinski definition) is 1. The zero-order valence-electron chi connectivity index (χ0n) is 12.0. The van der Waals surface area contributed by atoms with Crippen molar-refractivity contribution in [3.05, 3.63) is 0 Å². The summed E-state index contributed by atoms with van der Waals surface area (Å²) in [6.07, 6.45) is 2.14. The van der Waals surface area contributed by atoms with Gasteiger partial charge in [0.15, 0.2) is 5.96 Å². The van der Waals surface area contributed by atoms with E-state index in [1.807, 2.05) is 0 Å². The lowest BCUT2D eigenvalue weighted by Crippen LogP contribution is -2.34. The van der Waals surface area contributed by atoms with Crippen molar-refractivity contribution < 1.29 is 0 Å². The van der Waals surface area contributed by atoms with E-state index in [0.717, 1.165) is 12.8 Å². The largest absolute Gasteiger partial charge is 0.370 e. The second-order valence-electron chi connectivity index (χ2n) is 7.43. The third-order valence-corrected chi connectivity index (χ3v) is 2.35. The molecule has 0 unspecified atom stereocenters. The van der Waals surface area contributed by atoms with Gasteiger partial charge >= 0.3 is 0 Å². The van der Waals surface area contributed by atoms with E-state index in [-0.39, 0.29) is 16.9 Å². The van der Waals surface area contributed by atoms with E-state index in [1.165, 1.54) is 0 Å². The van der Waals surface area contributed by atoms with Crippen molar-refractivity contribution in [2.75, 3.05) is 0 Å². The van der Waals surface area contributed by atoms with Crippen molar-refractivity contribution in [1.29, 1.82) is 0 Å². The monoisotopic (exact) mass is 227 g/mol. The van der Waals surface area contributed by atoms with Crippen molar-refractivity contribution in [1.82, 2.24) is 0 Å². The quantitative estimate of drug-likeness (QED) is 0.573. The maximum atomic E-state index is 5.45. The van der Waals surface area contributed by atoms with Gasteiger partial charge in [0.25, 0.3) is 0 Å².